The van der Waals surface area contributed by atoms with Gasteiger partial charge in [0, 0.05) is 66.8 Å². The van der Waals surface area contributed by atoms with E-state index in [0.29, 0.717) is 46.6 Å². The van der Waals surface area contributed by atoms with Crippen molar-refractivity contribution in [2.45, 2.75) is 0 Å². The standard InChI is InChI=1S/2C55H37N5/c1-5-17-38(18-6-1)44-25-15-27-46(35-44)48-29-13-14-30-49(48)55-59-53(42-23-11-4-12-24-42)58-54(60-55)43-33-31-39(32-34-43)45-26-16-28-47(36-45)51-37-50(40-19-7-2-8-20-40)56-52(57-51)41-21-9-3-10-22-41;1-5-16-38(17-6-1)39-28-32-41(33-29-39)48-26-13-14-27-49(48)55-56-50(42-18-7-2-8-19-42)37-51(57-55)47-25-15-24-46(36-47)40-30-34-45(35-31-40)54-59-52(43-20-9-3-10-21-43)58-53(60-54)44-22-11-4-12-23-44/h2*1-37H. The first kappa shape index (κ1) is 73.8. The van der Waals surface area contributed by atoms with E-state index in [0.717, 1.165) is 140 Å². The molecule has 564 valence electrons. The van der Waals surface area contributed by atoms with Crippen LogP contribution in [0.15, 0.2) is 449 Å². The summed E-state index contributed by atoms with van der Waals surface area (Å²) < 4.78 is 0. The number of benzene rings is 16. The molecule has 10 nitrogen and oxygen atoms in total. The van der Waals surface area contributed by atoms with Gasteiger partial charge in [-0.25, -0.2) is 49.8 Å². The van der Waals surface area contributed by atoms with Gasteiger partial charge in [0.25, 0.3) is 0 Å². The summed E-state index contributed by atoms with van der Waals surface area (Å²) in [6, 6.07) is 154. The van der Waals surface area contributed by atoms with E-state index in [4.69, 9.17) is 49.8 Å². The Morgan fingerprint density at radius 3 is 0.625 bits per heavy atom. The van der Waals surface area contributed by atoms with Crippen molar-refractivity contribution in [3.8, 4) is 203 Å². The van der Waals surface area contributed by atoms with Gasteiger partial charge in [-0.3, -0.25) is 0 Å². The van der Waals surface area contributed by atoms with E-state index in [9.17, 15) is 0 Å². The predicted molar refractivity (Wildman–Crippen MR) is 489 cm³/mol. The van der Waals surface area contributed by atoms with Gasteiger partial charge in [-0.1, -0.05) is 419 Å². The average molecular weight is 1540 g/mol. The molecule has 0 unspecified atom stereocenters. The van der Waals surface area contributed by atoms with Crippen LogP contribution in [0, 0.1) is 0 Å². The summed E-state index contributed by atoms with van der Waals surface area (Å²) in [4.78, 5) is 50.5. The highest BCUT2D eigenvalue weighted by molar-refractivity contribution is 5.87. The summed E-state index contributed by atoms with van der Waals surface area (Å²) in [6.45, 7) is 0. The Bertz CT molecular complexity index is 6830. The molecule has 0 saturated heterocycles. The summed E-state index contributed by atoms with van der Waals surface area (Å²) >= 11 is 0. The second kappa shape index (κ2) is 34.4. The topological polar surface area (TPSA) is 129 Å². The molecule has 0 radical (unpaired) electrons. The lowest BCUT2D eigenvalue weighted by molar-refractivity contribution is 1.07. The molecule has 0 aliphatic carbocycles. The number of aromatic nitrogens is 10. The molecular formula is C110H74N10. The fourth-order valence-electron chi connectivity index (χ4n) is 15.0. The fraction of sp³-hybridized carbons (Fsp3) is 0. The molecule has 0 aliphatic rings. The first-order chi connectivity index (χ1) is 59.4. The van der Waals surface area contributed by atoms with Crippen molar-refractivity contribution in [2.75, 3.05) is 0 Å². The van der Waals surface area contributed by atoms with Crippen LogP contribution in [0.5, 0.6) is 0 Å². The van der Waals surface area contributed by atoms with Gasteiger partial charge < -0.3 is 0 Å². The fourth-order valence-corrected chi connectivity index (χ4v) is 15.0. The van der Waals surface area contributed by atoms with Crippen LogP contribution in [0.25, 0.3) is 203 Å². The van der Waals surface area contributed by atoms with Crippen molar-refractivity contribution < 1.29 is 0 Å². The molecule has 4 aromatic heterocycles. The highest BCUT2D eigenvalue weighted by atomic mass is 15.0. The SMILES string of the molecule is c1ccc(-c2ccc(-c3ccccc3-c3nc(-c4ccccc4)cc(-c4cccc(-c5ccc(-c6nc(-c7ccccc7)nc(-c7ccccc7)n6)cc5)c4)n3)cc2)cc1.c1ccc(-c2cccc(-c3ccccc3-c3nc(-c4ccccc4)nc(-c4ccc(-c5cccc(-c6cc(-c7ccccc7)nc(-c7ccccc7)n6)c5)cc4)n3)c2)cc1. The van der Waals surface area contributed by atoms with Crippen molar-refractivity contribution in [1.29, 1.82) is 0 Å². The Labute approximate surface area is 697 Å². The third kappa shape index (κ3) is 16.5. The van der Waals surface area contributed by atoms with E-state index < -0.39 is 0 Å². The normalized spacial score (nSPS) is 11.0. The molecule has 0 aliphatic heterocycles. The lowest BCUT2D eigenvalue weighted by Crippen LogP contribution is -2.01. The van der Waals surface area contributed by atoms with Gasteiger partial charge in [0.15, 0.2) is 46.6 Å². The lowest BCUT2D eigenvalue weighted by Gasteiger charge is -2.14. The van der Waals surface area contributed by atoms with Crippen LogP contribution in [0.2, 0.25) is 0 Å². The van der Waals surface area contributed by atoms with Crippen LogP contribution in [0.1, 0.15) is 0 Å². The van der Waals surface area contributed by atoms with E-state index in [1.807, 2.05) is 176 Å². The van der Waals surface area contributed by atoms with Gasteiger partial charge >= 0.3 is 0 Å². The largest absolute Gasteiger partial charge is 0.228 e. The van der Waals surface area contributed by atoms with Gasteiger partial charge in [0.2, 0.25) is 0 Å². The van der Waals surface area contributed by atoms with Crippen molar-refractivity contribution in [2.24, 2.45) is 0 Å². The van der Waals surface area contributed by atoms with E-state index in [2.05, 4.69) is 273 Å². The minimum Gasteiger partial charge on any atom is -0.228 e. The quantitative estimate of drug-likeness (QED) is 0.0819. The molecule has 0 amide bonds. The number of rotatable bonds is 18. The Balaban J connectivity index is 0.000000159. The summed E-state index contributed by atoms with van der Waals surface area (Å²) in [5, 5.41) is 0. The minimum absolute atomic E-state index is 0.606. The van der Waals surface area contributed by atoms with Gasteiger partial charge in [-0.05, 0) is 97.1 Å². The molecule has 20 aromatic rings. The number of hydrogen-bond donors (Lipinski definition) is 0. The molecule has 0 fully saturated rings. The molecule has 120 heavy (non-hydrogen) atoms. The first-order valence-corrected chi connectivity index (χ1v) is 40.0. The van der Waals surface area contributed by atoms with Gasteiger partial charge in [0.1, 0.15) is 0 Å². The predicted octanol–water partition coefficient (Wildman–Crippen LogP) is 27.3. The third-order valence-corrected chi connectivity index (χ3v) is 21.2. The molecule has 16 aromatic carbocycles. The van der Waals surface area contributed by atoms with Crippen LogP contribution in [0.4, 0.5) is 0 Å². The van der Waals surface area contributed by atoms with Crippen molar-refractivity contribution in [3.05, 3.63) is 449 Å². The monoisotopic (exact) mass is 1530 g/mol. The van der Waals surface area contributed by atoms with E-state index in [1.54, 1.807) is 0 Å². The van der Waals surface area contributed by atoms with Gasteiger partial charge in [0.05, 0.1) is 22.8 Å². The number of nitrogens with zero attached hydrogens (tertiary/aromatic N) is 10. The minimum atomic E-state index is 0.606. The van der Waals surface area contributed by atoms with Crippen LogP contribution in [0.3, 0.4) is 0 Å². The molecule has 0 N–H and O–H groups in total. The molecule has 0 spiro atoms. The maximum atomic E-state index is 5.27. The highest BCUT2D eigenvalue weighted by Gasteiger charge is 2.21. The van der Waals surface area contributed by atoms with Gasteiger partial charge in [-0.15, -0.1) is 0 Å². The van der Waals surface area contributed by atoms with Crippen molar-refractivity contribution in [3.63, 3.8) is 0 Å². The van der Waals surface area contributed by atoms with E-state index >= 15 is 0 Å². The Hall–Kier alpha value is -16.3. The molecular weight excluding hydrogens is 1460 g/mol. The Kier molecular flexibility index (Phi) is 21.2. The maximum absolute atomic E-state index is 5.27. The van der Waals surface area contributed by atoms with Crippen LogP contribution < -0.4 is 0 Å². The molecule has 20 rings (SSSR count). The Morgan fingerprint density at radius 1 is 0.0917 bits per heavy atom. The molecule has 0 bridgehead atoms. The summed E-state index contributed by atoms with van der Waals surface area (Å²) in [5.41, 5.74) is 28.3. The highest BCUT2D eigenvalue weighted by Crippen LogP contribution is 2.40. The zero-order valence-corrected chi connectivity index (χ0v) is 65.2. The molecule has 10 heteroatoms. The smallest absolute Gasteiger partial charge is 0.164 e. The van der Waals surface area contributed by atoms with Crippen LogP contribution >= 0.6 is 0 Å². The lowest BCUT2D eigenvalue weighted by atomic mass is 9.95. The van der Waals surface area contributed by atoms with E-state index in [-0.39, 0.29) is 0 Å². The second-order valence-electron chi connectivity index (χ2n) is 29.0. The first-order valence-electron chi connectivity index (χ1n) is 40.0. The number of hydrogen-bond acceptors (Lipinski definition) is 10. The van der Waals surface area contributed by atoms with E-state index in [1.165, 1.54) is 16.7 Å². The summed E-state index contributed by atoms with van der Waals surface area (Å²) in [6.07, 6.45) is 0. The third-order valence-electron chi connectivity index (χ3n) is 21.2. The molecule has 4 heterocycles. The van der Waals surface area contributed by atoms with Gasteiger partial charge in [-0.2, -0.15) is 0 Å². The maximum Gasteiger partial charge on any atom is 0.164 e. The summed E-state index contributed by atoms with van der Waals surface area (Å²) in [7, 11) is 0. The molecule has 0 atom stereocenters. The average Bonchev–Trinajstić information content (AvgIpc) is 0.758. The zero-order valence-electron chi connectivity index (χ0n) is 65.2. The summed E-state index contributed by atoms with van der Waals surface area (Å²) in [5.74, 6) is 5.10. The molecule has 0 saturated carbocycles. The second-order valence-corrected chi connectivity index (χ2v) is 29.0. The van der Waals surface area contributed by atoms with Crippen LogP contribution in [-0.4, -0.2) is 49.8 Å². The Morgan fingerprint density at radius 2 is 0.275 bits per heavy atom. The zero-order chi connectivity index (χ0) is 80.2. The van der Waals surface area contributed by atoms with Crippen molar-refractivity contribution in [1.82, 2.24) is 49.8 Å². The van der Waals surface area contributed by atoms with Crippen molar-refractivity contribution >= 4 is 0 Å². The van der Waals surface area contributed by atoms with Crippen LogP contribution in [-0.2, 0) is 0 Å².